The lowest BCUT2D eigenvalue weighted by molar-refractivity contribution is -0.167. The molecule has 4 aromatic rings. The predicted octanol–water partition coefficient (Wildman–Crippen LogP) is -2.34. The number of fused-ring (bicyclic) bond motifs is 5. The van der Waals surface area contributed by atoms with Crippen molar-refractivity contribution >= 4 is 49.5 Å². The standard InChI is InChI=1S/C20H24N10O13P2/c21-13-7-14(24-2-23-13)29(3-25-7)17-10(32)12-19(41-17)38-5-44(34,35)42-11-9(31)6(1-39-45(36,37)43-12)40-18(11)30-4-26-8-15(30)27-20(22)28-16(8)33/h2-4,6,9-12,17-19,31-32H,1,5H2,(H,34,35)(H,36,37)(H2,21,23,24)(H3,22,27,28,33)/t6-,9?,10+,11+,12?,17-,18-,19+/m1/s1. The molecule has 0 aromatic carbocycles. The third kappa shape index (κ3) is 5.31. The first kappa shape index (κ1) is 30.2. The number of H-pyrrole nitrogens is 1. The fourth-order valence-corrected chi connectivity index (χ4v) is 7.15. The second kappa shape index (κ2) is 10.8. The number of phosphoric ester groups is 1. The van der Waals surface area contributed by atoms with Gasteiger partial charge in [-0.1, -0.05) is 0 Å². The van der Waals surface area contributed by atoms with Crippen LogP contribution in [0.4, 0.5) is 11.8 Å². The number of hydrogen-bond donors (Lipinski definition) is 7. The molecule has 242 valence electrons. The van der Waals surface area contributed by atoms with Gasteiger partial charge in [-0.15, -0.1) is 0 Å². The second-order valence-electron chi connectivity index (χ2n) is 10.1. The van der Waals surface area contributed by atoms with Crippen molar-refractivity contribution in [3.8, 4) is 0 Å². The fourth-order valence-electron chi connectivity index (χ4n) is 5.21. The molecule has 3 saturated heterocycles. The first-order valence-corrected chi connectivity index (χ1v) is 16.2. The molecule has 9 N–H and O–H groups in total. The zero-order valence-corrected chi connectivity index (χ0v) is 24.2. The summed E-state index contributed by atoms with van der Waals surface area (Å²) < 4.78 is 61.4. The Bertz CT molecular complexity index is 1940. The highest BCUT2D eigenvalue weighted by atomic mass is 31.2. The average molecular weight is 674 g/mol. The normalized spacial score (nSPS) is 37.7. The Hall–Kier alpha value is -3.44. The highest BCUT2D eigenvalue weighted by molar-refractivity contribution is 7.52. The molecule has 0 radical (unpaired) electrons. The van der Waals surface area contributed by atoms with Gasteiger partial charge < -0.3 is 45.7 Å². The summed E-state index contributed by atoms with van der Waals surface area (Å²) >= 11 is 0. The maximum atomic E-state index is 13.3. The van der Waals surface area contributed by atoms with E-state index >= 15 is 0 Å². The van der Waals surface area contributed by atoms with Gasteiger partial charge in [-0.2, -0.15) is 4.98 Å². The molecule has 3 fully saturated rings. The number of aromatic amines is 1. The van der Waals surface area contributed by atoms with Crippen LogP contribution in [0.25, 0.3) is 22.3 Å². The SMILES string of the molecule is Nc1nc2c(ncn2[C@@H]2O[C@@H]3COP(=O)(O)OC4[C@@H](OCP(=O)(O)O[C@H]2C3O)O[C@@H](n2cnc3c(N)ncnc32)[C@H]4O)c(=O)[nH]1. The van der Waals surface area contributed by atoms with Crippen LogP contribution in [-0.2, 0) is 36.9 Å². The van der Waals surface area contributed by atoms with E-state index in [-0.39, 0.29) is 34.1 Å². The summed E-state index contributed by atoms with van der Waals surface area (Å²) in [5.41, 5.74) is 10.8. The number of hydrogen-bond acceptors (Lipinski definition) is 18. The number of imidazole rings is 2. The molecule has 0 amide bonds. The molecule has 45 heavy (non-hydrogen) atoms. The van der Waals surface area contributed by atoms with Crippen molar-refractivity contribution in [2.75, 3.05) is 24.4 Å². The number of nitrogens with one attached hydrogen (secondary N) is 1. The van der Waals surface area contributed by atoms with Crippen LogP contribution in [-0.4, -0.2) is 109 Å². The van der Waals surface area contributed by atoms with E-state index in [0.717, 1.165) is 17.2 Å². The van der Waals surface area contributed by atoms with Crippen molar-refractivity contribution in [2.45, 2.75) is 49.3 Å². The summed E-state index contributed by atoms with van der Waals surface area (Å²) in [6.45, 7) is -0.815. The number of nitrogen functional groups attached to an aromatic ring is 2. The molecule has 10 atom stereocenters. The van der Waals surface area contributed by atoms with Gasteiger partial charge in [0.05, 0.1) is 19.3 Å². The number of aliphatic hydroxyl groups excluding tert-OH is 2. The van der Waals surface area contributed by atoms with Crippen molar-refractivity contribution in [1.29, 1.82) is 0 Å². The zero-order valence-electron chi connectivity index (χ0n) is 22.4. The number of anilines is 2. The summed E-state index contributed by atoms with van der Waals surface area (Å²) in [5, 5.41) is 22.1. The number of ether oxygens (including phenoxy) is 3. The number of nitrogens with two attached hydrogens (primary N) is 2. The number of aliphatic hydroxyl groups is 2. The molecule has 0 spiro atoms. The number of nitrogens with zero attached hydrogens (tertiary/aromatic N) is 7. The molecule has 23 nitrogen and oxygen atoms in total. The molecule has 3 aliphatic rings. The minimum absolute atomic E-state index is 0.0278. The van der Waals surface area contributed by atoms with E-state index in [1.165, 1.54) is 10.9 Å². The van der Waals surface area contributed by atoms with Gasteiger partial charge in [-0.25, -0.2) is 24.5 Å². The molecule has 0 saturated carbocycles. The topological polar surface area (TPSA) is 330 Å². The molecule has 25 heteroatoms. The third-order valence-corrected chi connectivity index (χ3v) is 9.25. The Balaban J connectivity index is 1.21. The van der Waals surface area contributed by atoms with Crippen molar-refractivity contribution in [2.24, 2.45) is 0 Å². The summed E-state index contributed by atoms with van der Waals surface area (Å²) in [5.74, 6) is -0.252. The van der Waals surface area contributed by atoms with Gasteiger partial charge in [0.15, 0.2) is 53.8 Å². The number of rotatable bonds is 2. The zero-order chi connectivity index (χ0) is 31.8. The quantitative estimate of drug-likeness (QED) is 0.109. The van der Waals surface area contributed by atoms with Crippen LogP contribution >= 0.6 is 15.4 Å². The summed E-state index contributed by atoms with van der Waals surface area (Å²) in [7, 11) is -9.93. The molecule has 4 unspecified atom stereocenters. The first-order chi connectivity index (χ1) is 21.3. The predicted molar refractivity (Wildman–Crippen MR) is 143 cm³/mol. The van der Waals surface area contributed by atoms with E-state index in [9.17, 15) is 33.9 Å². The monoisotopic (exact) mass is 674 g/mol. The Morgan fingerprint density at radius 3 is 2.42 bits per heavy atom. The van der Waals surface area contributed by atoms with Crippen LogP contribution in [0.1, 0.15) is 12.5 Å². The van der Waals surface area contributed by atoms with E-state index in [1.807, 2.05) is 0 Å². The van der Waals surface area contributed by atoms with E-state index in [4.69, 9.17) is 39.2 Å². The minimum atomic E-state index is -5.09. The van der Waals surface area contributed by atoms with Gasteiger partial charge in [0, 0.05) is 0 Å². The van der Waals surface area contributed by atoms with Gasteiger partial charge in [-0.3, -0.25) is 37.0 Å². The Morgan fingerprint density at radius 1 is 0.911 bits per heavy atom. The van der Waals surface area contributed by atoms with Crippen molar-refractivity contribution in [1.82, 2.24) is 39.0 Å². The molecule has 0 aliphatic carbocycles. The lowest BCUT2D eigenvalue weighted by atomic mass is 10.1. The summed E-state index contributed by atoms with van der Waals surface area (Å²) in [6, 6.07) is 0. The minimum Gasteiger partial charge on any atom is -0.387 e. The van der Waals surface area contributed by atoms with Gasteiger partial charge in [-0.05, 0) is 0 Å². The van der Waals surface area contributed by atoms with E-state index < -0.39 is 83.2 Å². The lowest BCUT2D eigenvalue weighted by Crippen LogP contribution is -2.35. The third-order valence-electron chi connectivity index (χ3n) is 7.21. The van der Waals surface area contributed by atoms with E-state index in [2.05, 4.69) is 29.9 Å². The largest absolute Gasteiger partial charge is 0.472 e. The summed E-state index contributed by atoms with van der Waals surface area (Å²) in [6.07, 6.45) is -10.7. The van der Waals surface area contributed by atoms with E-state index in [1.54, 1.807) is 0 Å². The molecular weight excluding hydrogens is 650 g/mol. The van der Waals surface area contributed by atoms with Crippen LogP contribution < -0.4 is 17.0 Å². The highest BCUT2D eigenvalue weighted by Crippen LogP contribution is 2.53. The Labute approximate surface area is 248 Å². The van der Waals surface area contributed by atoms with Crippen LogP contribution in [0.5, 0.6) is 0 Å². The smallest absolute Gasteiger partial charge is 0.387 e. The fraction of sp³-hybridized carbons (Fsp3) is 0.500. The molecule has 4 aromatic heterocycles. The average Bonchev–Trinajstić information content (AvgIpc) is 3.72. The Morgan fingerprint density at radius 2 is 1.64 bits per heavy atom. The van der Waals surface area contributed by atoms with Crippen LogP contribution in [0.2, 0.25) is 0 Å². The van der Waals surface area contributed by atoms with Gasteiger partial charge in [0.1, 0.15) is 36.3 Å². The molecule has 7 rings (SSSR count). The highest BCUT2D eigenvalue weighted by Gasteiger charge is 2.54. The van der Waals surface area contributed by atoms with Gasteiger partial charge in [0.2, 0.25) is 5.95 Å². The maximum Gasteiger partial charge on any atom is 0.472 e. The van der Waals surface area contributed by atoms with Crippen LogP contribution in [0, 0.1) is 0 Å². The van der Waals surface area contributed by atoms with Crippen LogP contribution in [0.15, 0.2) is 23.8 Å². The van der Waals surface area contributed by atoms with Crippen molar-refractivity contribution < 1.29 is 56.9 Å². The number of phosphoric acid groups is 1. The molecular formula is C20H24N10O13P2. The molecule has 3 aliphatic heterocycles. The lowest BCUT2D eigenvalue weighted by Gasteiger charge is -2.26. The second-order valence-corrected chi connectivity index (χ2v) is 13.3. The van der Waals surface area contributed by atoms with Crippen molar-refractivity contribution in [3.63, 3.8) is 0 Å². The molecule has 7 heterocycles. The first-order valence-electron chi connectivity index (χ1n) is 12.9. The van der Waals surface area contributed by atoms with Crippen molar-refractivity contribution in [3.05, 3.63) is 29.3 Å². The summed E-state index contributed by atoms with van der Waals surface area (Å²) in [4.78, 5) is 55.9. The van der Waals surface area contributed by atoms with E-state index in [0.29, 0.717) is 0 Å². The van der Waals surface area contributed by atoms with Crippen LogP contribution in [0.3, 0.4) is 0 Å². The van der Waals surface area contributed by atoms with Gasteiger partial charge in [0.25, 0.3) is 5.56 Å². The Kier molecular flexibility index (Phi) is 7.27. The molecule has 2 bridgehead atoms. The maximum absolute atomic E-state index is 13.3. The number of aromatic nitrogens is 8. The van der Waals surface area contributed by atoms with Gasteiger partial charge >= 0.3 is 15.4 Å².